The Morgan fingerprint density at radius 2 is 1.65 bits per heavy atom. The molecule has 0 aliphatic rings. The summed E-state index contributed by atoms with van der Waals surface area (Å²) in [6, 6.07) is 17.5. The van der Waals surface area contributed by atoms with Crippen LogP contribution in [0.15, 0.2) is 75.8 Å². The second kappa shape index (κ2) is 7.23. The van der Waals surface area contributed by atoms with Crippen molar-refractivity contribution in [3.05, 3.63) is 77.2 Å². The zero-order chi connectivity index (χ0) is 18.7. The van der Waals surface area contributed by atoms with Gasteiger partial charge in [0, 0.05) is 11.3 Å². The number of nitrogens with one attached hydrogen (secondary N) is 1. The Morgan fingerprint density at radius 3 is 2.35 bits per heavy atom. The van der Waals surface area contributed by atoms with Crippen molar-refractivity contribution in [1.82, 2.24) is 0 Å². The second-order valence-electron chi connectivity index (χ2n) is 5.53. The molecule has 1 N–H and O–H groups in total. The molecule has 3 aromatic rings. The number of thiophene rings is 1. The van der Waals surface area contributed by atoms with E-state index in [9.17, 15) is 18.0 Å². The van der Waals surface area contributed by atoms with Crippen molar-refractivity contribution in [3.63, 3.8) is 0 Å². The van der Waals surface area contributed by atoms with Crippen molar-refractivity contribution in [2.75, 3.05) is 5.32 Å². The maximum absolute atomic E-state index is 12.6. The fraction of sp³-hybridized carbons (Fsp3) is 0.0526. The third-order valence-corrected chi connectivity index (χ3v) is 7.00. The molecule has 26 heavy (non-hydrogen) atoms. The summed E-state index contributed by atoms with van der Waals surface area (Å²) in [4.78, 5) is 24.3. The zero-order valence-electron chi connectivity index (χ0n) is 13.8. The number of hydrogen-bond donors (Lipinski definition) is 1. The van der Waals surface area contributed by atoms with Crippen LogP contribution >= 0.6 is 11.3 Å². The molecular formula is C19H15NO4S2. The molecule has 0 bridgehead atoms. The van der Waals surface area contributed by atoms with Gasteiger partial charge in [-0.3, -0.25) is 9.59 Å². The second-order valence-corrected chi connectivity index (χ2v) is 8.79. The predicted molar refractivity (Wildman–Crippen MR) is 101 cm³/mol. The maximum atomic E-state index is 12.6. The third-order valence-electron chi connectivity index (χ3n) is 3.65. The minimum Gasteiger partial charge on any atom is -0.321 e. The Hall–Kier alpha value is -2.77. The molecule has 0 aliphatic carbocycles. The van der Waals surface area contributed by atoms with Crippen LogP contribution in [-0.4, -0.2) is 20.1 Å². The summed E-state index contributed by atoms with van der Waals surface area (Å²) in [5, 5.41) is 2.68. The van der Waals surface area contributed by atoms with Crippen molar-refractivity contribution in [2.24, 2.45) is 0 Å². The number of sulfone groups is 1. The minimum atomic E-state index is -3.65. The number of carbonyl (C=O) groups is 2. The highest BCUT2D eigenvalue weighted by Gasteiger charge is 2.21. The maximum Gasteiger partial charge on any atom is 0.265 e. The number of ketones is 1. The zero-order valence-corrected chi connectivity index (χ0v) is 15.4. The van der Waals surface area contributed by atoms with Crippen LogP contribution in [0.2, 0.25) is 0 Å². The van der Waals surface area contributed by atoms with Crippen molar-refractivity contribution >= 4 is 38.6 Å². The van der Waals surface area contributed by atoms with Crippen molar-refractivity contribution in [2.45, 2.75) is 16.0 Å². The van der Waals surface area contributed by atoms with E-state index in [1.54, 1.807) is 42.5 Å². The topological polar surface area (TPSA) is 80.3 Å². The van der Waals surface area contributed by atoms with Crippen LogP contribution in [0.5, 0.6) is 0 Å². The van der Waals surface area contributed by atoms with Crippen molar-refractivity contribution in [1.29, 1.82) is 0 Å². The van der Waals surface area contributed by atoms with Crippen LogP contribution in [0.3, 0.4) is 0 Å². The molecule has 3 rings (SSSR count). The standard InChI is InChI=1S/C19H15NO4S2/c1-13(21)14-6-5-7-15(12-14)20-19(22)17-10-11-18(25-17)26(23,24)16-8-3-2-4-9-16/h2-12H,1H3,(H,20,22). The molecule has 0 radical (unpaired) electrons. The van der Waals surface area contributed by atoms with E-state index in [2.05, 4.69) is 5.32 Å². The number of anilines is 1. The number of amides is 1. The van der Waals surface area contributed by atoms with E-state index in [1.807, 2.05) is 0 Å². The van der Waals surface area contributed by atoms with Gasteiger partial charge >= 0.3 is 0 Å². The van der Waals surface area contributed by atoms with E-state index in [1.165, 1.54) is 31.2 Å². The molecule has 1 amide bonds. The number of benzene rings is 2. The largest absolute Gasteiger partial charge is 0.321 e. The highest BCUT2D eigenvalue weighted by atomic mass is 32.2. The van der Waals surface area contributed by atoms with Gasteiger partial charge < -0.3 is 5.32 Å². The summed E-state index contributed by atoms with van der Waals surface area (Å²) in [7, 11) is -3.65. The van der Waals surface area contributed by atoms with Gasteiger partial charge in [0.15, 0.2) is 5.78 Å². The molecule has 0 saturated carbocycles. The van der Waals surface area contributed by atoms with E-state index in [4.69, 9.17) is 0 Å². The number of carbonyl (C=O) groups excluding carboxylic acids is 2. The van der Waals surface area contributed by atoms with Crippen molar-refractivity contribution in [3.8, 4) is 0 Å². The Bertz CT molecular complexity index is 1070. The number of Topliss-reactive ketones (excluding diaryl/α,β-unsaturated/α-hetero) is 1. The predicted octanol–water partition coefficient (Wildman–Crippen LogP) is 4.04. The summed E-state index contributed by atoms with van der Waals surface area (Å²) >= 11 is 0.906. The van der Waals surface area contributed by atoms with Gasteiger partial charge in [0.05, 0.1) is 9.77 Å². The first-order valence-electron chi connectivity index (χ1n) is 7.70. The smallest absolute Gasteiger partial charge is 0.265 e. The molecule has 1 heterocycles. The minimum absolute atomic E-state index is 0.103. The fourth-order valence-electron chi connectivity index (χ4n) is 2.31. The average Bonchev–Trinajstić information content (AvgIpc) is 3.14. The number of rotatable bonds is 5. The first kappa shape index (κ1) is 18.0. The SMILES string of the molecule is CC(=O)c1cccc(NC(=O)c2ccc(S(=O)(=O)c3ccccc3)s2)c1. The van der Waals surface area contributed by atoms with Gasteiger partial charge in [-0.05, 0) is 43.3 Å². The summed E-state index contributed by atoms with van der Waals surface area (Å²) in [6.45, 7) is 1.45. The average molecular weight is 385 g/mol. The van der Waals surface area contributed by atoms with Gasteiger partial charge in [-0.1, -0.05) is 30.3 Å². The van der Waals surface area contributed by atoms with Crippen molar-refractivity contribution < 1.29 is 18.0 Å². The molecule has 5 nitrogen and oxygen atoms in total. The van der Waals surface area contributed by atoms with E-state index >= 15 is 0 Å². The number of hydrogen-bond acceptors (Lipinski definition) is 5. The Kier molecular flexibility index (Phi) is 5.01. The van der Waals surface area contributed by atoms with Gasteiger partial charge in [0.1, 0.15) is 4.21 Å². The highest BCUT2D eigenvalue weighted by molar-refractivity contribution is 7.93. The van der Waals surface area contributed by atoms with Gasteiger partial charge in [-0.2, -0.15) is 0 Å². The molecule has 0 saturated heterocycles. The quantitative estimate of drug-likeness (QED) is 0.672. The van der Waals surface area contributed by atoms with Crippen LogP contribution in [0.25, 0.3) is 0 Å². The van der Waals surface area contributed by atoms with E-state index < -0.39 is 15.7 Å². The molecule has 2 aromatic carbocycles. The first-order valence-corrected chi connectivity index (χ1v) is 10.0. The Balaban J connectivity index is 1.83. The third kappa shape index (κ3) is 3.74. The lowest BCUT2D eigenvalue weighted by molar-refractivity contribution is 0.101. The van der Waals surface area contributed by atoms with E-state index in [0.29, 0.717) is 11.3 Å². The van der Waals surface area contributed by atoms with Crippen LogP contribution in [0, 0.1) is 0 Å². The molecule has 0 atom stereocenters. The van der Waals surface area contributed by atoms with Crippen LogP contribution in [0.1, 0.15) is 27.0 Å². The normalized spacial score (nSPS) is 11.1. The molecule has 0 fully saturated rings. The molecule has 0 spiro atoms. The lowest BCUT2D eigenvalue weighted by Gasteiger charge is -2.05. The summed E-state index contributed by atoms with van der Waals surface area (Å²) in [5.41, 5.74) is 0.963. The van der Waals surface area contributed by atoms with E-state index in [0.717, 1.165) is 11.3 Å². The molecule has 0 aliphatic heterocycles. The summed E-state index contributed by atoms with van der Waals surface area (Å²) in [5.74, 6) is -0.529. The van der Waals surface area contributed by atoms with Gasteiger partial charge in [-0.15, -0.1) is 11.3 Å². The lowest BCUT2D eigenvalue weighted by atomic mass is 10.1. The molecule has 1 aromatic heterocycles. The van der Waals surface area contributed by atoms with Gasteiger partial charge in [-0.25, -0.2) is 8.42 Å². The fourth-order valence-corrected chi connectivity index (χ4v) is 4.94. The summed E-state index contributed by atoms with van der Waals surface area (Å²) in [6.07, 6.45) is 0. The highest BCUT2D eigenvalue weighted by Crippen LogP contribution is 2.28. The Morgan fingerprint density at radius 1 is 0.923 bits per heavy atom. The molecule has 7 heteroatoms. The Labute approximate surface area is 155 Å². The molecular weight excluding hydrogens is 370 g/mol. The van der Waals surface area contributed by atoms with Crippen LogP contribution in [0.4, 0.5) is 5.69 Å². The first-order chi connectivity index (χ1) is 12.4. The van der Waals surface area contributed by atoms with E-state index in [-0.39, 0.29) is 19.8 Å². The molecule has 132 valence electrons. The van der Waals surface area contributed by atoms with Crippen LogP contribution in [-0.2, 0) is 9.84 Å². The molecule has 0 unspecified atom stereocenters. The van der Waals surface area contributed by atoms with Crippen LogP contribution < -0.4 is 5.32 Å². The monoisotopic (exact) mass is 385 g/mol. The van der Waals surface area contributed by atoms with Gasteiger partial charge in [0.25, 0.3) is 5.91 Å². The summed E-state index contributed by atoms with van der Waals surface area (Å²) < 4.78 is 25.3. The lowest BCUT2D eigenvalue weighted by Crippen LogP contribution is -2.10. The van der Waals surface area contributed by atoms with Gasteiger partial charge in [0.2, 0.25) is 9.84 Å².